The summed E-state index contributed by atoms with van der Waals surface area (Å²) in [6.07, 6.45) is -12.6. The largest absolute Gasteiger partial charge is 0.504 e. The maximum atomic E-state index is 15.2. The zero-order valence-corrected chi connectivity index (χ0v) is 22.7. The molecule has 0 radical (unpaired) electrons. The Hall–Kier alpha value is -4.12. The molecule has 17 heteroatoms. The molecule has 0 saturated heterocycles. The van der Waals surface area contributed by atoms with Gasteiger partial charge in [0, 0.05) is 34.5 Å². The monoisotopic (exact) mass is 654 g/mol. The van der Waals surface area contributed by atoms with Gasteiger partial charge in [-0.1, -0.05) is 24.3 Å². The molecule has 1 heterocycles. The Kier molecular flexibility index (Phi) is 8.52. The van der Waals surface area contributed by atoms with Crippen molar-refractivity contribution in [1.82, 2.24) is 4.98 Å². The van der Waals surface area contributed by atoms with E-state index in [9.17, 15) is 45.0 Å². The summed E-state index contributed by atoms with van der Waals surface area (Å²) in [4.78, 5) is 15.3. The number of phenols is 1. The molecule has 0 atom stereocenters. The lowest BCUT2D eigenvalue weighted by Gasteiger charge is -2.30. The van der Waals surface area contributed by atoms with E-state index in [1.165, 1.54) is 12.5 Å². The molecule has 0 aliphatic carbocycles. The average molecular weight is 655 g/mol. The Morgan fingerprint density at radius 3 is 2.12 bits per heavy atom. The maximum absolute atomic E-state index is 15.2. The van der Waals surface area contributed by atoms with Gasteiger partial charge in [0.1, 0.15) is 21.6 Å². The number of rotatable bonds is 8. The van der Waals surface area contributed by atoms with E-state index in [1.54, 1.807) is 0 Å². The van der Waals surface area contributed by atoms with Crippen LogP contribution < -0.4 is 9.46 Å². The van der Waals surface area contributed by atoms with Crippen molar-refractivity contribution in [2.24, 2.45) is 0 Å². The topological polar surface area (TPSA) is 91.7 Å². The number of carbonyl (C=O) groups is 1. The molecule has 3 aromatic carbocycles. The molecule has 0 aliphatic heterocycles. The standard InChI is InChI=1S/C26H15F9N2O4S2/c1-41-18-8-15(23(39)40)16(27)9-17(18)37-43-19-10-42-22(36-19)14-7-6-13(21(38)20(14)28)11-2-4-12(5-3-11)24(29,25(30,31)32)26(33,34)35/h2-10,37-38H,1H3,(H,39,40). The molecule has 0 fully saturated rings. The van der Waals surface area contributed by atoms with E-state index in [4.69, 9.17) is 9.84 Å². The van der Waals surface area contributed by atoms with E-state index < -0.39 is 52.5 Å². The Morgan fingerprint density at radius 1 is 0.953 bits per heavy atom. The van der Waals surface area contributed by atoms with Crippen LogP contribution in [-0.4, -0.2) is 40.6 Å². The van der Waals surface area contributed by atoms with Crippen LogP contribution in [0.25, 0.3) is 21.7 Å². The second-order valence-corrected chi connectivity index (χ2v) is 10.3. The van der Waals surface area contributed by atoms with Gasteiger partial charge < -0.3 is 19.7 Å². The number of ether oxygens (including phenoxy) is 1. The summed E-state index contributed by atoms with van der Waals surface area (Å²) in [6.45, 7) is 0. The second-order valence-electron chi connectivity index (χ2n) is 8.59. The third-order valence-electron chi connectivity index (χ3n) is 5.99. The molecule has 4 rings (SSSR count). The molecule has 1 aromatic heterocycles. The molecule has 6 nitrogen and oxygen atoms in total. The maximum Gasteiger partial charge on any atom is 0.435 e. The average Bonchev–Trinajstić information content (AvgIpc) is 3.40. The second kappa shape index (κ2) is 11.5. The zero-order chi connectivity index (χ0) is 31.9. The zero-order valence-electron chi connectivity index (χ0n) is 21.1. The summed E-state index contributed by atoms with van der Waals surface area (Å²) in [5, 5.41) is 21.3. The van der Waals surface area contributed by atoms with E-state index >= 15 is 4.39 Å². The van der Waals surface area contributed by atoms with Crippen LogP contribution in [0.5, 0.6) is 11.5 Å². The molecule has 0 amide bonds. The van der Waals surface area contributed by atoms with Crippen LogP contribution in [0.15, 0.2) is 58.9 Å². The first-order valence-electron chi connectivity index (χ1n) is 11.4. The summed E-state index contributed by atoms with van der Waals surface area (Å²) >= 11 is 1.77. The number of aromatic carboxylic acids is 1. The number of benzene rings is 3. The minimum absolute atomic E-state index is 0.00959. The van der Waals surface area contributed by atoms with Crippen LogP contribution >= 0.6 is 23.3 Å². The molecule has 0 saturated carbocycles. The molecular weight excluding hydrogens is 639 g/mol. The predicted molar refractivity (Wildman–Crippen MR) is 139 cm³/mol. The minimum atomic E-state index is -6.31. The third-order valence-corrected chi connectivity index (χ3v) is 7.75. The first-order valence-corrected chi connectivity index (χ1v) is 13.1. The van der Waals surface area contributed by atoms with E-state index in [1.807, 2.05) is 0 Å². The van der Waals surface area contributed by atoms with E-state index in [-0.39, 0.29) is 50.3 Å². The molecule has 4 aromatic rings. The van der Waals surface area contributed by atoms with Crippen LogP contribution in [-0.2, 0) is 5.67 Å². The SMILES string of the molecule is COc1cc(C(=O)O)c(F)cc1NSc1csc(-c2ccc(-c3ccc(C(F)(C(F)(F)F)C(F)(F)F)cc3)c(O)c2F)n1. The fourth-order valence-corrected chi connectivity index (χ4v) is 5.44. The van der Waals surface area contributed by atoms with Gasteiger partial charge in [0.15, 0.2) is 11.6 Å². The van der Waals surface area contributed by atoms with Crippen molar-refractivity contribution in [2.75, 3.05) is 11.8 Å². The first-order chi connectivity index (χ1) is 20.0. The van der Waals surface area contributed by atoms with Gasteiger partial charge in [-0.2, -0.15) is 26.3 Å². The van der Waals surface area contributed by atoms with Crippen LogP contribution in [0.2, 0.25) is 0 Å². The molecule has 0 spiro atoms. The van der Waals surface area contributed by atoms with Gasteiger partial charge in [-0.25, -0.2) is 22.9 Å². The van der Waals surface area contributed by atoms with E-state index in [2.05, 4.69) is 9.71 Å². The lowest BCUT2D eigenvalue weighted by Crippen LogP contribution is -2.50. The number of aromatic hydroxyl groups is 1. The summed E-state index contributed by atoms with van der Waals surface area (Å²) in [6, 6.07) is 6.02. The van der Waals surface area contributed by atoms with Gasteiger partial charge in [0.2, 0.25) is 0 Å². The number of alkyl halides is 7. The molecule has 3 N–H and O–H groups in total. The summed E-state index contributed by atoms with van der Waals surface area (Å²) < 4.78 is 129. The minimum Gasteiger partial charge on any atom is -0.504 e. The van der Waals surface area contributed by atoms with E-state index in [0.717, 1.165) is 47.6 Å². The fraction of sp³-hybridized carbons (Fsp3) is 0.154. The lowest BCUT2D eigenvalue weighted by molar-refractivity contribution is -0.348. The Balaban J connectivity index is 1.57. The number of carboxylic acids is 1. The fourth-order valence-electron chi connectivity index (χ4n) is 3.83. The molecule has 0 unspecified atom stereocenters. The Bertz CT molecular complexity index is 1660. The smallest absolute Gasteiger partial charge is 0.435 e. The normalized spacial score (nSPS) is 12.3. The Morgan fingerprint density at radius 2 is 1.56 bits per heavy atom. The molecule has 43 heavy (non-hydrogen) atoms. The molecular formula is C26H15F9N2O4S2. The number of halogens is 9. The number of nitrogens with one attached hydrogen (secondary N) is 1. The molecule has 228 valence electrons. The van der Waals surface area contributed by atoms with Crippen molar-refractivity contribution in [3.63, 3.8) is 0 Å². The highest BCUT2D eigenvalue weighted by Crippen LogP contribution is 2.53. The van der Waals surface area contributed by atoms with Crippen molar-refractivity contribution in [3.05, 3.63) is 76.7 Å². The van der Waals surface area contributed by atoms with Gasteiger partial charge in [-0.15, -0.1) is 11.3 Å². The number of phenolic OH excluding ortho intramolecular Hbond substituents is 1. The van der Waals surface area contributed by atoms with Gasteiger partial charge in [-0.05, 0) is 23.8 Å². The number of carboxylic acid groups (broad SMARTS) is 1. The van der Waals surface area contributed by atoms with Crippen molar-refractivity contribution in [1.29, 1.82) is 0 Å². The van der Waals surface area contributed by atoms with Crippen LogP contribution in [0.1, 0.15) is 15.9 Å². The number of thiazole rings is 1. The number of aromatic nitrogens is 1. The highest BCUT2D eigenvalue weighted by molar-refractivity contribution is 8.00. The van der Waals surface area contributed by atoms with Crippen molar-refractivity contribution in [3.8, 4) is 33.2 Å². The third kappa shape index (κ3) is 5.90. The van der Waals surface area contributed by atoms with E-state index in [0.29, 0.717) is 12.1 Å². The van der Waals surface area contributed by atoms with Crippen molar-refractivity contribution >= 4 is 34.9 Å². The highest BCUT2D eigenvalue weighted by Gasteiger charge is 2.73. The number of hydrogen-bond acceptors (Lipinski definition) is 7. The quantitative estimate of drug-likeness (QED) is 0.130. The number of hydrogen-bond donors (Lipinski definition) is 3. The van der Waals surface area contributed by atoms with Crippen LogP contribution in [0, 0.1) is 11.6 Å². The first kappa shape index (κ1) is 31.8. The van der Waals surface area contributed by atoms with Gasteiger partial charge in [0.05, 0.1) is 23.9 Å². The van der Waals surface area contributed by atoms with Gasteiger partial charge in [0.25, 0.3) is 0 Å². The van der Waals surface area contributed by atoms with Gasteiger partial charge >= 0.3 is 24.0 Å². The van der Waals surface area contributed by atoms with Crippen molar-refractivity contribution < 1.29 is 59.3 Å². The number of anilines is 1. The number of methoxy groups -OCH3 is 1. The highest BCUT2D eigenvalue weighted by atomic mass is 32.2. The summed E-state index contributed by atoms with van der Waals surface area (Å²) in [5.41, 5.74) is -8.65. The van der Waals surface area contributed by atoms with Gasteiger partial charge in [-0.3, -0.25) is 0 Å². The molecule has 0 bridgehead atoms. The Labute approximate surface area is 243 Å². The molecule has 0 aliphatic rings. The van der Waals surface area contributed by atoms with Crippen LogP contribution in [0.3, 0.4) is 0 Å². The predicted octanol–water partition coefficient (Wildman–Crippen LogP) is 8.58. The number of nitrogens with zero attached hydrogens (tertiary/aromatic N) is 1. The summed E-state index contributed by atoms with van der Waals surface area (Å²) in [7, 11) is 1.24. The summed E-state index contributed by atoms with van der Waals surface area (Å²) in [5.74, 6) is -4.73. The van der Waals surface area contributed by atoms with Crippen molar-refractivity contribution in [2.45, 2.75) is 23.0 Å². The van der Waals surface area contributed by atoms with Crippen LogP contribution in [0.4, 0.5) is 45.2 Å². The lowest BCUT2D eigenvalue weighted by atomic mass is 9.92.